The van der Waals surface area contributed by atoms with Crippen LogP contribution in [-0.4, -0.2) is 12.0 Å². The summed E-state index contributed by atoms with van der Waals surface area (Å²) in [4.78, 5) is 12.0. The first kappa shape index (κ1) is 16.4. The summed E-state index contributed by atoms with van der Waals surface area (Å²) in [7, 11) is 0. The molecule has 4 heteroatoms. The lowest BCUT2D eigenvalue weighted by Gasteiger charge is -2.10. The number of hydrogen-bond acceptors (Lipinski definition) is 2. The van der Waals surface area contributed by atoms with Gasteiger partial charge in [-0.3, -0.25) is 4.79 Å². The van der Waals surface area contributed by atoms with Gasteiger partial charge in [-0.05, 0) is 62.2 Å². The molecule has 0 aliphatic carbocycles. The summed E-state index contributed by atoms with van der Waals surface area (Å²) in [5.74, 6) is 0.782. The third kappa shape index (κ3) is 5.41. The van der Waals surface area contributed by atoms with Crippen LogP contribution in [0.15, 0.2) is 48.5 Å². The zero-order chi connectivity index (χ0) is 15.9. The molecule has 1 N–H and O–H groups in total. The number of benzene rings is 2. The second-order valence-corrected chi connectivity index (χ2v) is 5.81. The molecule has 2 aromatic carbocycles. The minimum atomic E-state index is -0.0162. The molecule has 3 nitrogen and oxygen atoms in total. The molecule has 0 aliphatic heterocycles. The van der Waals surface area contributed by atoms with Gasteiger partial charge < -0.3 is 10.1 Å². The molecule has 0 saturated carbocycles. The highest BCUT2D eigenvalue weighted by molar-refractivity contribution is 6.30. The fraction of sp³-hybridized carbons (Fsp3) is 0.278. The minimum absolute atomic E-state index is 0.0162. The Hall–Kier alpha value is -2.00. The van der Waals surface area contributed by atoms with E-state index in [9.17, 15) is 4.79 Å². The van der Waals surface area contributed by atoms with Crippen LogP contribution in [0, 0.1) is 0 Å². The van der Waals surface area contributed by atoms with E-state index in [4.69, 9.17) is 16.3 Å². The molecule has 0 heterocycles. The number of ether oxygens (including phenoxy) is 1. The van der Waals surface area contributed by atoms with Crippen LogP contribution >= 0.6 is 11.6 Å². The maximum Gasteiger partial charge on any atom is 0.224 e. The highest BCUT2D eigenvalue weighted by atomic mass is 35.5. The highest BCUT2D eigenvalue weighted by Crippen LogP contribution is 2.17. The van der Waals surface area contributed by atoms with Crippen LogP contribution in [0.5, 0.6) is 5.75 Å². The van der Waals surface area contributed by atoms with Gasteiger partial charge in [0.05, 0.1) is 6.10 Å². The summed E-state index contributed by atoms with van der Waals surface area (Å²) in [5.41, 5.74) is 1.83. The maximum absolute atomic E-state index is 12.0. The molecule has 0 spiro atoms. The van der Waals surface area contributed by atoms with Crippen molar-refractivity contribution in [3.8, 4) is 5.75 Å². The second kappa shape index (κ2) is 7.85. The Morgan fingerprint density at radius 2 is 1.91 bits per heavy atom. The summed E-state index contributed by atoms with van der Waals surface area (Å²) < 4.78 is 5.57. The van der Waals surface area contributed by atoms with Crippen LogP contribution < -0.4 is 10.1 Å². The van der Waals surface area contributed by atoms with E-state index < -0.39 is 0 Å². The predicted molar refractivity (Wildman–Crippen MR) is 90.6 cm³/mol. The molecule has 2 aromatic rings. The van der Waals surface area contributed by atoms with Gasteiger partial charge in [0.2, 0.25) is 5.91 Å². The van der Waals surface area contributed by atoms with E-state index in [0.29, 0.717) is 17.9 Å². The minimum Gasteiger partial charge on any atom is -0.491 e. The van der Waals surface area contributed by atoms with Crippen LogP contribution in [0.2, 0.25) is 5.02 Å². The summed E-state index contributed by atoms with van der Waals surface area (Å²) >= 11 is 5.93. The topological polar surface area (TPSA) is 38.3 Å². The molecule has 0 atom stereocenters. The van der Waals surface area contributed by atoms with Crippen molar-refractivity contribution in [2.24, 2.45) is 0 Å². The number of anilines is 1. The third-order valence-corrected chi connectivity index (χ3v) is 3.27. The van der Waals surface area contributed by atoms with Gasteiger partial charge in [-0.2, -0.15) is 0 Å². The average molecular weight is 318 g/mol. The monoisotopic (exact) mass is 317 g/mol. The van der Waals surface area contributed by atoms with Crippen molar-refractivity contribution in [2.75, 3.05) is 5.32 Å². The quantitative estimate of drug-likeness (QED) is 0.838. The van der Waals surface area contributed by atoms with Gasteiger partial charge >= 0.3 is 0 Å². The predicted octanol–water partition coefficient (Wildman–Crippen LogP) is 4.70. The molecule has 22 heavy (non-hydrogen) atoms. The number of halogens is 1. The van der Waals surface area contributed by atoms with Crippen LogP contribution in [-0.2, 0) is 11.2 Å². The zero-order valence-corrected chi connectivity index (χ0v) is 13.6. The lowest BCUT2D eigenvalue weighted by atomic mass is 10.1. The largest absolute Gasteiger partial charge is 0.491 e. The first-order chi connectivity index (χ1) is 10.5. The van der Waals surface area contributed by atoms with Crippen molar-refractivity contribution in [1.82, 2.24) is 0 Å². The van der Waals surface area contributed by atoms with E-state index in [-0.39, 0.29) is 12.0 Å². The SMILES string of the molecule is CC(C)Oc1ccc(NC(=O)CCc2cccc(Cl)c2)cc1. The molecular weight excluding hydrogens is 298 g/mol. The lowest BCUT2D eigenvalue weighted by molar-refractivity contribution is -0.116. The Balaban J connectivity index is 1.84. The van der Waals surface area contributed by atoms with Crippen LogP contribution in [0.1, 0.15) is 25.8 Å². The Morgan fingerprint density at radius 1 is 1.18 bits per heavy atom. The summed E-state index contributed by atoms with van der Waals surface area (Å²) in [6.45, 7) is 3.96. The van der Waals surface area contributed by atoms with Gasteiger partial charge in [-0.15, -0.1) is 0 Å². The first-order valence-electron chi connectivity index (χ1n) is 7.34. The van der Waals surface area contributed by atoms with Gasteiger partial charge in [0.15, 0.2) is 0 Å². The number of amides is 1. The van der Waals surface area contributed by atoms with Crippen LogP contribution in [0.3, 0.4) is 0 Å². The van der Waals surface area contributed by atoms with Crippen LogP contribution in [0.4, 0.5) is 5.69 Å². The van der Waals surface area contributed by atoms with Gasteiger partial charge in [0.25, 0.3) is 0 Å². The molecule has 116 valence electrons. The second-order valence-electron chi connectivity index (χ2n) is 5.37. The lowest BCUT2D eigenvalue weighted by Crippen LogP contribution is -2.12. The smallest absolute Gasteiger partial charge is 0.224 e. The number of hydrogen-bond donors (Lipinski definition) is 1. The fourth-order valence-electron chi connectivity index (χ4n) is 2.06. The molecule has 0 bridgehead atoms. The van der Waals surface area contributed by atoms with Gasteiger partial charge in [0.1, 0.15) is 5.75 Å². The Morgan fingerprint density at radius 3 is 2.55 bits per heavy atom. The van der Waals surface area contributed by atoms with Gasteiger partial charge in [0, 0.05) is 17.1 Å². The molecule has 0 fully saturated rings. The van der Waals surface area contributed by atoms with Crippen molar-refractivity contribution in [1.29, 1.82) is 0 Å². The standard InChI is InChI=1S/C18H20ClNO2/c1-13(2)22-17-9-7-16(8-10-17)20-18(21)11-6-14-4-3-5-15(19)12-14/h3-5,7-10,12-13H,6,11H2,1-2H3,(H,20,21). The van der Waals surface area contributed by atoms with E-state index in [1.165, 1.54) is 0 Å². The van der Waals surface area contributed by atoms with Crippen molar-refractivity contribution in [2.45, 2.75) is 32.8 Å². The first-order valence-corrected chi connectivity index (χ1v) is 7.72. The zero-order valence-electron chi connectivity index (χ0n) is 12.8. The van der Waals surface area contributed by atoms with Crippen molar-refractivity contribution in [3.05, 3.63) is 59.1 Å². The van der Waals surface area contributed by atoms with Gasteiger partial charge in [-0.1, -0.05) is 23.7 Å². The van der Waals surface area contributed by atoms with E-state index in [0.717, 1.165) is 17.0 Å². The summed E-state index contributed by atoms with van der Waals surface area (Å²) in [6, 6.07) is 15.0. The Bertz CT molecular complexity index is 623. The fourth-order valence-corrected chi connectivity index (χ4v) is 2.28. The number of nitrogens with one attached hydrogen (secondary N) is 1. The number of carbonyl (C=O) groups excluding carboxylic acids is 1. The number of aryl methyl sites for hydroxylation is 1. The van der Waals surface area contributed by atoms with E-state index in [1.807, 2.05) is 62.4 Å². The maximum atomic E-state index is 12.0. The molecule has 2 rings (SSSR count). The molecule has 0 aliphatic rings. The number of carbonyl (C=O) groups is 1. The Labute approximate surface area is 136 Å². The Kier molecular flexibility index (Phi) is 5.84. The third-order valence-electron chi connectivity index (χ3n) is 3.04. The highest BCUT2D eigenvalue weighted by Gasteiger charge is 2.04. The summed E-state index contributed by atoms with van der Waals surface area (Å²) in [6.07, 6.45) is 1.23. The van der Waals surface area contributed by atoms with E-state index >= 15 is 0 Å². The number of rotatable bonds is 6. The molecule has 0 radical (unpaired) electrons. The van der Waals surface area contributed by atoms with Gasteiger partial charge in [-0.25, -0.2) is 0 Å². The van der Waals surface area contributed by atoms with Crippen LogP contribution in [0.25, 0.3) is 0 Å². The molecule has 0 unspecified atom stereocenters. The van der Waals surface area contributed by atoms with E-state index in [1.54, 1.807) is 0 Å². The normalized spacial score (nSPS) is 10.5. The van der Waals surface area contributed by atoms with Crippen molar-refractivity contribution >= 4 is 23.2 Å². The molecule has 0 saturated heterocycles. The average Bonchev–Trinajstić information content (AvgIpc) is 2.47. The molecular formula is C18H20ClNO2. The molecule has 1 amide bonds. The van der Waals surface area contributed by atoms with Crippen molar-refractivity contribution < 1.29 is 9.53 Å². The molecule has 0 aromatic heterocycles. The van der Waals surface area contributed by atoms with E-state index in [2.05, 4.69) is 5.32 Å². The summed E-state index contributed by atoms with van der Waals surface area (Å²) in [5, 5.41) is 3.57. The van der Waals surface area contributed by atoms with Crippen molar-refractivity contribution in [3.63, 3.8) is 0 Å².